The van der Waals surface area contributed by atoms with Crippen molar-refractivity contribution in [2.24, 2.45) is 5.10 Å². The van der Waals surface area contributed by atoms with Gasteiger partial charge in [0.05, 0.1) is 0 Å². The number of halogens is 3. The van der Waals surface area contributed by atoms with Crippen molar-refractivity contribution in [3.8, 4) is 5.75 Å². The molecule has 23 heavy (non-hydrogen) atoms. The van der Waals surface area contributed by atoms with Crippen LogP contribution in [0.3, 0.4) is 0 Å². The number of hydrazone groups is 1. The molecule has 6 nitrogen and oxygen atoms in total. The molecule has 0 fully saturated rings. The van der Waals surface area contributed by atoms with E-state index in [0.717, 1.165) is 5.01 Å². The molecule has 0 atom stereocenters. The summed E-state index contributed by atoms with van der Waals surface area (Å²) in [5.74, 6) is -0.630. The number of alkyl halides is 2. The summed E-state index contributed by atoms with van der Waals surface area (Å²) in [5.41, 5.74) is 0.618. The lowest BCUT2D eigenvalue weighted by atomic mass is 10.1. The van der Waals surface area contributed by atoms with Crippen LogP contribution in [0.5, 0.6) is 5.75 Å². The molecule has 1 aromatic carbocycles. The molecule has 1 heterocycles. The van der Waals surface area contributed by atoms with E-state index >= 15 is 0 Å². The number of carbonyl (C=O) groups excluding carboxylic acids is 2. The van der Waals surface area contributed by atoms with Gasteiger partial charge in [0, 0.05) is 36.5 Å². The molecule has 0 aromatic heterocycles. The fourth-order valence-electron chi connectivity index (χ4n) is 2.01. The van der Waals surface area contributed by atoms with Gasteiger partial charge >= 0.3 is 6.61 Å². The quantitative estimate of drug-likeness (QED) is 0.839. The van der Waals surface area contributed by atoms with Crippen LogP contribution < -0.4 is 10.1 Å². The Morgan fingerprint density at radius 2 is 2.22 bits per heavy atom. The number of hydrogen-bond donors (Lipinski definition) is 1. The summed E-state index contributed by atoms with van der Waals surface area (Å²) >= 11 is 3.24. The van der Waals surface area contributed by atoms with E-state index in [2.05, 4.69) is 31.1 Å². The number of hydrogen-bond acceptors (Lipinski definition) is 4. The van der Waals surface area contributed by atoms with Gasteiger partial charge in [-0.15, -0.1) is 0 Å². The minimum absolute atomic E-state index is 0.00297. The normalized spacial score (nSPS) is 14.7. The third-order valence-corrected chi connectivity index (χ3v) is 3.64. The summed E-state index contributed by atoms with van der Waals surface area (Å²) in [6, 6.07) is 4.54. The third kappa shape index (κ3) is 4.72. The zero-order valence-electron chi connectivity index (χ0n) is 12.2. The zero-order chi connectivity index (χ0) is 17.0. The molecular formula is C14H14BrF2N3O3. The van der Waals surface area contributed by atoms with E-state index in [0.29, 0.717) is 10.0 Å². The predicted molar refractivity (Wildman–Crippen MR) is 82.1 cm³/mol. The van der Waals surface area contributed by atoms with Crippen molar-refractivity contribution in [2.45, 2.75) is 26.0 Å². The van der Waals surface area contributed by atoms with E-state index in [1.54, 1.807) is 12.1 Å². The van der Waals surface area contributed by atoms with Crippen LogP contribution in [0.25, 0.3) is 0 Å². The molecule has 1 aliphatic rings. The van der Waals surface area contributed by atoms with Gasteiger partial charge in [-0.3, -0.25) is 9.59 Å². The second-order valence-electron chi connectivity index (χ2n) is 4.78. The Balaban J connectivity index is 2.05. The van der Waals surface area contributed by atoms with Crippen molar-refractivity contribution in [1.29, 1.82) is 0 Å². The van der Waals surface area contributed by atoms with Crippen LogP contribution in [0, 0.1) is 0 Å². The SMILES string of the molecule is CN1N=C(C(=O)NCc2cc(Br)ccc2OC(F)F)CCC1=O. The van der Waals surface area contributed by atoms with Crippen LogP contribution in [0.1, 0.15) is 18.4 Å². The summed E-state index contributed by atoms with van der Waals surface area (Å²) in [4.78, 5) is 23.4. The summed E-state index contributed by atoms with van der Waals surface area (Å²) in [6.45, 7) is -2.95. The number of nitrogens with one attached hydrogen (secondary N) is 1. The monoisotopic (exact) mass is 389 g/mol. The minimum Gasteiger partial charge on any atom is -0.434 e. The van der Waals surface area contributed by atoms with Crippen LogP contribution in [0.4, 0.5) is 8.78 Å². The molecule has 2 amide bonds. The van der Waals surface area contributed by atoms with E-state index in [-0.39, 0.29) is 36.8 Å². The van der Waals surface area contributed by atoms with Gasteiger partial charge in [0.15, 0.2) is 0 Å². The largest absolute Gasteiger partial charge is 0.434 e. The highest BCUT2D eigenvalue weighted by atomic mass is 79.9. The molecule has 1 aromatic rings. The number of ether oxygens (including phenoxy) is 1. The highest BCUT2D eigenvalue weighted by Crippen LogP contribution is 2.24. The van der Waals surface area contributed by atoms with Gasteiger partial charge in [0.2, 0.25) is 5.91 Å². The maximum absolute atomic E-state index is 12.4. The van der Waals surface area contributed by atoms with Crippen molar-refractivity contribution in [1.82, 2.24) is 10.3 Å². The second-order valence-corrected chi connectivity index (χ2v) is 5.69. The average Bonchev–Trinajstić information content (AvgIpc) is 2.49. The van der Waals surface area contributed by atoms with Gasteiger partial charge in [-0.05, 0) is 18.2 Å². The second kappa shape index (κ2) is 7.49. The standard InChI is InChI=1S/C14H14BrF2N3O3/c1-20-12(21)5-3-10(19-20)13(22)18-7-8-6-9(15)2-4-11(8)23-14(16)17/h2,4,6,14H,3,5,7H2,1H3,(H,18,22). The first kappa shape index (κ1) is 17.3. The van der Waals surface area contributed by atoms with Gasteiger partial charge < -0.3 is 10.1 Å². The lowest BCUT2D eigenvalue weighted by Crippen LogP contribution is -2.37. The van der Waals surface area contributed by atoms with Crippen LogP contribution >= 0.6 is 15.9 Å². The molecule has 1 N–H and O–H groups in total. The Hall–Kier alpha value is -2.03. The number of carbonyl (C=O) groups is 2. The molecule has 0 saturated carbocycles. The lowest BCUT2D eigenvalue weighted by molar-refractivity contribution is -0.130. The predicted octanol–water partition coefficient (Wildman–Crippen LogP) is 2.27. The number of rotatable bonds is 5. The van der Waals surface area contributed by atoms with E-state index in [4.69, 9.17) is 0 Å². The molecule has 0 spiro atoms. The van der Waals surface area contributed by atoms with Gasteiger partial charge in [0.1, 0.15) is 11.5 Å². The Kier molecular flexibility index (Phi) is 5.64. The molecule has 0 aliphatic carbocycles. The van der Waals surface area contributed by atoms with E-state index in [1.165, 1.54) is 13.1 Å². The third-order valence-electron chi connectivity index (χ3n) is 3.15. The Morgan fingerprint density at radius 3 is 2.87 bits per heavy atom. The molecular weight excluding hydrogens is 376 g/mol. The highest BCUT2D eigenvalue weighted by Gasteiger charge is 2.22. The lowest BCUT2D eigenvalue weighted by Gasteiger charge is -2.19. The summed E-state index contributed by atoms with van der Waals surface area (Å²) in [7, 11) is 1.47. The number of amides is 2. The molecule has 0 bridgehead atoms. The van der Waals surface area contributed by atoms with Gasteiger partial charge in [-0.2, -0.15) is 13.9 Å². The fourth-order valence-corrected chi connectivity index (χ4v) is 2.42. The first-order chi connectivity index (χ1) is 10.9. The van der Waals surface area contributed by atoms with Crippen LogP contribution in [-0.2, 0) is 16.1 Å². The molecule has 0 unspecified atom stereocenters. The maximum Gasteiger partial charge on any atom is 0.387 e. The van der Waals surface area contributed by atoms with Crippen molar-refractivity contribution in [2.75, 3.05) is 7.05 Å². The zero-order valence-corrected chi connectivity index (χ0v) is 13.8. The smallest absolute Gasteiger partial charge is 0.387 e. The Morgan fingerprint density at radius 1 is 1.48 bits per heavy atom. The molecule has 9 heteroatoms. The summed E-state index contributed by atoms with van der Waals surface area (Å²) < 4.78 is 29.9. The number of nitrogens with zero attached hydrogens (tertiary/aromatic N) is 2. The van der Waals surface area contributed by atoms with Crippen LogP contribution in [0.2, 0.25) is 0 Å². The van der Waals surface area contributed by atoms with Crippen LogP contribution in [-0.4, -0.2) is 36.2 Å². The van der Waals surface area contributed by atoms with Crippen molar-refractivity contribution in [3.05, 3.63) is 28.2 Å². The van der Waals surface area contributed by atoms with E-state index in [9.17, 15) is 18.4 Å². The van der Waals surface area contributed by atoms with Crippen molar-refractivity contribution >= 4 is 33.5 Å². The van der Waals surface area contributed by atoms with Crippen molar-refractivity contribution < 1.29 is 23.1 Å². The Labute approximate surface area is 139 Å². The van der Waals surface area contributed by atoms with Gasteiger partial charge in [0.25, 0.3) is 5.91 Å². The molecule has 2 rings (SSSR count). The fraction of sp³-hybridized carbons (Fsp3) is 0.357. The van der Waals surface area contributed by atoms with Gasteiger partial charge in [-0.25, -0.2) is 5.01 Å². The minimum atomic E-state index is -2.95. The topological polar surface area (TPSA) is 71.0 Å². The van der Waals surface area contributed by atoms with E-state index in [1.807, 2.05) is 0 Å². The Bertz CT molecular complexity index is 652. The van der Waals surface area contributed by atoms with E-state index < -0.39 is 12.5 Å². The van der Waals surface area contributed by atoms with Crippen LogP contribution in [0.15, 0.2) is 27.8 Å². The average molecular weight is 390 g/mol. The molecule has 1 aliphatic heterocycles. The van der Waals surface area contributed by atoms with Gasteiger partial charge in [-0.1, -0.05) is 15.9 Å². The number of benzene rings is 1. The summed E-state index contributed by atoms with van der Waals surface area (Å²) in [6.07, 6.45) is 0.452. The first-order valence-electron chi connectivity index (χ1n) is 6.72. The molecule has 124 valence electrons. The molecule has 0 radical (unpaired) electrons. The maximum atomic E-state index is 12.4. The highest BCUT2D eigenvalue weighted by molar-refractivity contribution is 9.10. The van der Waals surface area contributed by atoms with Crippen molar-refractivity contribution in [3.63, 3.8) is 0 Å². The summed E-state index contributed by atoms with van der Waals surface area (Å²) in [5, 5.41) is 7.60. The molecule has 0 saturated heterocycles. The first-order valence-corrected chi connectivity index (χ1v) is 7.51.